The maximum atomic E-state index is 11.5. The first-order valence-corrected chi connectivity index (χ1v) is 8.93. The van der Waals surface area contributed by atoms with Crippen LogP contribution in [0.1, 0.15) is 20.8 Å². The van der Waals surface area contributed by atoms with Crippen molar-refractivity contribution < 1.29 is 21.6 Å². The lowest BCUT2D eigenvalue weighted by molar-refractivity contribution is 0.0911. The van der Waals surface area contributed by atoms with Gasteiger partial charge in [-0.1, -0.05) is 0 Å². The van der Waals surface area contributed by atoms with Crippen molar-refractivity contribution in [2.45, 2.75) is 32.1 Å². The first-order valence-electron chi connectivity index (χ1n) is 5.32. The molecular formula is C9H21NO5S2. The van der Waals surface area contributed by atoms with Gasteiger partial charge in [-0.3, -0.25) is 0 Å². The van der Waals surface area contributed by atoms with Crippen molar-refractivity contribution in [2.75, 3.05) is 25.2 Å². The van der Waals surface area contributed by atoms with Crippen LogP contribution >= 0.6 is 0 Å². The van der Waals surface area contributed by atoms with Crippen LogP contribution in [-0.4, -0.2) is 53.3 Å². The van der Waals surface area contributed by atoms with Crippen LogP contribution in [0.2, 0.25) is 0 Å². The van der Waals surface area contributed by atoms with Crippen LogP contribution in [0.25, 0.3) is 0 Å². The molecule has 0 amide bonds. The van der Waals surface area contributed by atoms with Crippen molar-refractivity contribution in [3.8, 4) is 0 Å². The molecule has 8 heteroatoms. The number of hydrogen-bond donors (Lipinski definition) is 1. The molecule has 0 fully saturated rings. The first-order chi connectivity index (χ1) is 7.54. The summed E-state index contributed by atoms with van der Waals surface area (Å²) in [5.41, 5.74) is 0. The van der Waals surface area contributed by atoms with Crippen molar-refractivity contribution in [2.24, 2.45) is 0 Å². The van der Waals surface area contributed by atoms with Gasteiger partial charge in [-0.15, -0.1) is 0 Å². The van der Waals surface area contributed by atoms with Gasteiger partial charge in [-0.2, -0.15) is 0 Å². The third-order valence-corrected chi connectivity index (χ3v) is 5.06. The van der Waals surface area contributed by atoms with E-state index in [-0.39, 0.29) is 25.0 Å². The third-order valence-electron chi connectivity index (χ3n) is 2.12. The van der Waals surface area contributed by atoms with E-state index in [0.29, 0.717) is 0 Å². The van der Waals surface area contributed by atoms with E-state index in [2.05, 4.69) is 4.72 Å². The highest BCUT2D eigenvalue weighted by Crippen LogP contribution is 1.97. The number of sulfonamides is 1. The highest BCUT2D eigenvalue weighted by atomic mass is 32.2. The Morgan fingerprint density at radius 2 is 1.65 bits per heavy atom. The topological polar surface area (TPSA) is 89.5 Å². The number of ether oxygens (including phenoxy) is 1. The normalized spacial score (nSPS) is 15.1. The number of nitrogens with one attached hydrogen (secondary N) is 1. The van der Waals surface area contributed by atoms with Gasteiger partial charge < -0.3 is 4.74 Å². The Hall–Kier alpha value is -0.180. The summed E-state index contributed by atoms with van der Waals surface area (Å²) in [6.45, 7) is 5.07. The molecule has 1 unspecified atom stereocenters. The highest BCUT2D eigenvalue weighted by molar-refractivity contribution is 7.91. The number of rotatable bonds is 8. The Labute approximate surface area is 104 Å². The summed E-state index contributed by atoms with van der Waals surface area (Å²) < 4.78 is 52.5. The molecule has 0 aliphatic carbocycles. The minimum Gasteiger partial charge on any atom is -0.378 e. The van der Waals surface area contributed by atoms with Gasteiger partial charge in [0.25, 0.3) is 0 Å². The lowest BCUT2D eigenvalue weighted by Gasteiger charge is -2.12. The molecule has 0 aliphatic heterocycles. The van der Waals surface area contributed by atoms with Gasteiger partial charge in [0, 0.05) is 12.8 Å². The molecule has 17 heavy (non-hydrogen) atoms. The van der Waals surface area contributed by atoms with Crippen molar-refractivity contribution in [1.82, 2.24) is 4.72 Å². The largest absolute Gasteiger partial charge is 0.378 e. The summed E-state index contributed by atoms with van der Waals surface area (Å²) in [4.78, 5) is 0. The van der Waals surface area contributed by atoms with Gasteiger partial charge in [-0.25, -0.2) is 21.6 Å². The molecule has 0 radical (unpaired) electrons. The summed E-state index contributed by atoms with van der Waals surface area (Å²) >= 11 is 0. The van der Waals surface area contributed by atoms with E-state index in [1.807, 2.05) is 13.8 Å². The summed E-state index contributed by atoms with van der Waals surface area (Å²) in [5.74, 6) is -0.165. The highest BCUT2D eigenvalue weighted by Gasteiger charge is 2.18. The molecule has 0 aromatic rings. The second-order valence-electron chi connectivity index (χ2n) is 4.23. The second-order valence-corrected chi connectivity index (χ2v) is 8.62. The molecule has 0 aromatic heterocycles. The molecule has 0 aromatic carbocycles. The molecule has 0 spiro atoms. The van der Waals surface area contributed by atoms with Crippen LogP contribution in [0.5, 0.6) is 0 Å². The van der Waals surface area contributed by atoms with E-state index in [4.69, 9.17) is 4.74 Å². The molecule has 0 saturated carbocycles. The minimum atomic E-state index is -3.47. The predicted molar refractivity (Wildman–Crippen MR) is 67.2 cm³/mol. The smallest absolute Gasteiger partial charge is 0.213 e. The molecular weight excluding hydrogens is 266 g/mol. The second kappa shape index (κ2) is 6.67. The van der Waals surface area contributed by atoms with E-state index in [0.717, 1.165) is 6.26 Å². The van der Waals surface area contributed by atoms with Crippen LogP contribution in [0, 0.1) is 0 Å². The Morgan fingerprint density at radius 1 is 1.12 bits per heavy atom. The van der Waals surface area contributed by atoms with Crippen LogP contribution in [0.15, 0.2) is 0 Å². The van der Waals surface area contributed by atoms with Crippen molar-refractivity contribution >= 4 is 19.9 Å². The molecule has 0 aliphatic rings. The molecule has 1 N–H and O–H groups in total. The van der Waals surface area contributed by atoms with E-state index in [9.17, 15) is 16.8 Å². The zero-order valence-electron chi connectivity index (χ0n) is 10.6. The molecule has 104 valence electrons. The van der Waals surface area contributed by atoms with Gasteiger partial charge >= 0.3 is 0 Å². The monoisotopic (exact) mass is 287 g/mol. The third kappa shape index (κ3) is 8.53. The summed E-state index contributed by atoms with van der Waals surface area (Å²) in [5, 5.41) is -0.733. The SMILES string of the molecule is CC(C)OCCS(=O)(=O)NCC(C)S(C)(=O)=O. The number of hydrogen-bond acceptors (Lipinski definition) is 5. The fourth-order valence-electron chi connectivity index (χ4n) is 0.861. The molecule has 1 atom stereocenters. The Bertz CT molecular complexity index is 413. The van der Waals surface area contributed by atoms with Crippen LogP contribution in [0.3, 0.4) is 0 Å². The number of sulfone groups is 1. The van der Waals surface area contributed by atoms with E-state index in [1.54, 1.807) is 0 Å². The van der Waals surface area contributed by atoms with Gasteiger partial charge in [0.2, 0.25) is 10.0 Å². The van der Waals surface area contributed by atoms with E-state index >= 15 is 0 Å². The van der Waals surface area contributed by atoms with E-state index < -0.39 is 25.1 Å². The van der Waals surface area contributed by atoms with Crippen LogP contribution in [-0.2, 0) is 24.6 Å². The molecule has 0 heterocycles. The fourth-order valence-corrected chi connectivity index (χ4v) is 2.32. The van der Waals surface area contributed by atoms with Crippen LogP contribution in [0.4, 0.5) is 0 Å². The maximum Gasteiger partial charge on any atom is 0.213 e. The summed E-state index contributed by atoms with van der Waals surface area (Å²) in [6.07, 6.45) is 1.05. The minimum absolute atomic E-state index is 0.0276. The molecule has 0 bridgehead atoms. The van der Waals surface area contributed by atoms with Crippen molar-refractivity contribution in [1.29, 1.82) is 0 Å². The lowest BCUT2D eigenvalue weighted by Crippen LogP contribution is -2.36. The Balaban J connectivity index is 4.11. The average Bonchev–Trinajstić information content (AvgIpc) is 2.11. The summed E-state index contributed by atoms with van der Waals surface area (Å²) in [7, 11) is -6.69. The van der Waals surface area contributed by atoms with Gasteiger partial charge in [0.05, 0.1) is 23.7 Å². The standard InChI is InChI=1S/C9H21NO5S2/c1-8(2)15-5-6-17(13,14)10-7-9(3)16(4,11)12/h8-10H,5-7H2,1-4H3. The lowest BCUT2D eigenvalue weighted by atomic mass is 10.5. The van der Waals surface area contributed by atoms with Crippen molar-refractivity contribution in [3.05, 3.63) is 0 Å². The summed E-state index contributed by atoms with van der Waals surface area (Å²) in [6, 6.07) is 0. The average molecular weight is 287 g/mol. The fraction of sp³-hybridized carbons (Fsp3) is 1.00. The maximum absolute atomic E-state index is 11.5. The molecule has 0 rings (SSSR count). The zero-order valence-corrected chi connectivity index (χ0v) is 12.3. The zero-order chi connectivity index (χ0) is 13.7. The van der Waals surface area contributed by atoms with E-state index in [1.165, 1.54) is 6.92 Å². The van der Waals surface area contributed by atoms with Crippen LogP contribution < -0.4 is 4.72 Å². The van der Waals surface area contributed by atoms with Gasteiger partial charge in [-0.05, 0) is 20.8 Å². The Kier molecular flexibility index (Phi) is 6.60. The molecule has 0 saturated heterocycles. The van der Waals surface area contributed by atoms with Crippen molar-refractivity contribution in [3.63, 3.8) is 0 Å². The quantitative estimate of drug-likeness (QED) is 0.665. The van der Waals surface area contributed by atoms with Gasteiger partial charge in [0.1, 0.15) is 0 Å². The first kappa shape index (κ1) is 16.8. The van der Waals surface area contributed by atoms with Gasteiger partial charge in [0.15, 0.2) is 9.84 Å². The molecule has 6 nitrogen and oxygen atoms in total. The predicted octanol–water partition coefficient (Wildman–Crippen LogP) is -0.236. The Morgan fingerprint density at radius 3 is 2.06 bits per heavy atom.